The molecule has 0 saturated heterocycles. The van der Waals surface area contributed by atoms with Crippen LogP contribution in [-0.4, -0.2) is 6.17 Å². The Morgan fingerprint density at radius 1 is 0.903 bits per heavy atom. The van der Waals surface area contributed by atoms with Crippen LogP contribution >= 0.6 is 0 Å². The van der Waals surface area contributed by atoms with Crippen LogP contribution in [0, 0.1) is 0 Å². The van der Waals surface area contributed by atoms with Gasteiger partial charge in [-0.1, -0.05) is 73.4 Å². The molecular formula is C28H31F3. The van der Waals surface area contributed by atoms with Crippen LogP contribution in [0.1, 0.15) is 74.8 Å². The van der Waals surface area contributed by atoms with Crippen molar-refractivity contribution in [1.29, 1.82) is 0 Å². The quantitative estimate of drug-likeness (QED) is 0.428. The number of rotatable bonds is 6. The van der Waals surface area contributed by atoms with E-state index in [-0.39, 0.29) is 18.3 Å². The highest BCUT2D eigenvalue weighted by atomic mass is 19.2. The van der Waals surface area contributed by atoms with E-state index >= 15 is 0 Å². The lowest BCUT2D eigenvalue weighted by molar-refractivity contribution is 0.374. The highest BCUT2D eigenvalue weighted by Crippen LogP contribution is 2.36. The van der Waals surface area contributed by atoms with Crippen molar-refractivity contribution in [1.82, 2.24) is 0 Å². The van der Waals surface area contributed by atoms with Crippen LogP contribution < -0.4 is 0 Å². The summed E-state index contributed by atoms with van der Waals surface area (Å²) in [5.41, 5.74) is 5.90. The van der Waals surface area contributed by atoms with Crippen LogP contribution in [0.3, 0.4) is 0 Å². The van der Waals surface area contributed by atoms with Crippen molar-refractivity contribution in [3.8, 4) is 0 Å². The van der Waals surface area contributed by atoms with Gasteiger partial charge in [-0.05, 0) is 72.3 Å². The minimum atomic E-state index is -1.28. The molecule has 0 N–H and O–H groups in total. The molecule has 1 fully saturated rings. The monoisotopic (exact) mass is 424 g/mol. The summed E-state index contributed by atoms with van der Waals surface area (Å²) in [6.45, 7) is 0. The maximum Gasteiger partial charge on any atom is 0.154 e. The normalized spacial score (nSPS) is 23.1. The molecule has 1 saturated carbocycles. The summed E-state index contributed by atoms with van der Waals surface area (Å²) in [5.74, 6) is -0.235. The van der Waals surface area contributed by atoms with Crippen molar-refractivity contribution in [3.05, 3.63) is 94.1 Å². The lowest BCUT2D eigenvalue weighted by Crippen LogP contribution is -2.13. The lowest BCUT2D eigenvalue weighted by Gasteiger charge is -2.23. The van der Waals surface area contributed by atoms with Gasteiger partial charge in [0.15, 0.2) is 5.83 Å². The van der Waals surface area contributed by atoms with Crippen LogP contribution in [0.5, 0.6) is 0 Å². The van der Waals surface area contributed by atoms with E-state index in [9.17, 15) is 13.2 Å². The first-order chi connectivity index (χ1) is 15.1. The average molecular weight is 425 g/mol. The van der Waals surface area contributed by atoms with Gasteiger partial charge >= 0.3 is 0 Å². The molecule has 4 rings (SSSR count). The molecule has 1 atom stereocenters. The van der Waals surface area contributed by atoms with E-state index in [0.29, 0.717) is 5.57 Å². The van der Waals surface area contributed by atoms with E-state index in [2.05, 4.69) is 30.3 Å². The summed E-state index contributed by atoms with van der Waals surface area (Å²) < 4.78 is 40.2. The fourth-order valence-corrected chi connectivity index (χ4v) is 5.05. The van der Waals surface area contributed by atoms with E-state index in [1.54, 1.807) is 6.08 Å². The zero-order chi connectivity index (χ0) is 21.6. The maximum atomic E-state index is 14.5. The summed E-state index contributed by atoms with van der Waals surface area (Å²) in [6.07, 6.45) is 16.2. The smallest absolute Gasteiger partial charge is 0.154 e. The minimum Gasteiger partial charge on any atom is -0.242 e. The zero-order valence-corrected chi connectivity index (χ0v) is 18.1. The second-order valence-corrected chi connectivity index (χ2v) is 9.04. The summed E-state index contributed by atoms with van der Waals surface area (Å²) in [5, 5.41) is 0. The lowest BCUT2D eigenvalue weighted by atomic mass is 9.83. The largest absolute Gasteiger partial charge is 0.242 e. The van der Waals surface area contributed by atoms with E-state index in [4.69, 9.17) is 0 Å². The second kappa shape index (κ2) is 10.3. The fourth-order valence-electron chi connectivity index (χ4n) is 5.05. The van der Waals surface area contributed by atoms with Crippen LogP contribution in [-0.2, 0) is 6.42 Å². The number of hydrogen-bond acceptors (Lipinski definition) is 0. The van der Waals surface area contributed by atoms with Gasteiger partial charge in [0.1, 0.15) is 12.5 Å². The van der Waals surface area contributed by atoms with Crippen molar-refractivity contribution in [2.45, 2.75) is 76.3 Å². The molecule has 3 aliphatic carbocycles. The van der Waals surface area contributed by atoms with Crippen LogP contribution in [0.15, 0.2) is 83.0 Å². The Labute approximate surface area is 183 Å². The SMILES string of the molecule is F/C=C(\F)C1=CC=C(C2=CC=C(CCc3ccc(C4CCCCC4)cc3)CC2)C(F)C1. The fraction of sp³-hybridized carbons (Fsp3) is 0.429. The molecular weight excluding hydrogens is 393 g/mol. The number of allylic oxidation sites excluding steroid dienone is 9. The molecule has 1 aromatic rings. The first-order valence-corrected chi connectivity index (χ1v) is 11.6. The molecule has 164 valence electrons. The molecule has 0 radical (unpaired) electrons. The van der Waals surface area contributed by atoms with Gasteiger partial charge in [0.05, 0.1) is 0 Å². The highest BCUT2D eigenvalue weighted by Gasteiger charge is 2.24. The Kier molecular flexibility index (Phi) is 7.32. The van der Waals surface area contributed by atoms with Crippen molar-refractivity contribution in [2.75, 3.05) is 0 Å². The first-order valence-electron chi connectivity index (χ1n) is 11.6. The number of alkyl halides is 1. The molecule has 31 heavy (non-hydrogen) atoms. The molecule has 0 nitrogen and oxygen atoms in total. The molecule has 3 heteroatoms. The van der Waals surface area contributed by atoms with Crippen molar-refractivity contribution in [2.24, 2.45) is 0 Å². The van der Waals surface area contributed by atoms with Crippen molar-refractivity contribution < 1.29 is 13.2 Å². The Balaban J connectivity index is 1.34. The van der Waals surface area contributed by atoms with Crippen LogP contribution in [0.25, 0.3) is 0 Å². The van der Waals surface area contributed by atoms with E-state index < -0.39 is 12.0 Å². The van der Waals surface area contributed by atoms with Gasteiger partial charge in [-0.3, -0.25) is 0 Å². The third kappa shape index (κ3) is 5.50. The zero-order valence-electron chi connectivity index (χ0n) is 18.1. The summed E-state index contributed by atoms with van der Waals surface area (Å²) in [4.78, 5) is 0. The molecule has 3 aliphatic rings. The molecule has 0 heterocycles. The maximum absolute atomic E-state index is 14.5. The third-order valence-electron chi connectivity index (χ3n) is 7.00. The number of hydrogen-bond donors (Lipinski definition) is 0. The molecule has 0 aromatic heterocycles. The van der Waals surface area contributed by atoms with Gasteiger partial charge in [0.2, 0.25) is 0 Å². The number of benzene rings is 1. The van der Waals surface area contributed by atoms with Gasteiger partial charge in [-0.15, -0.1) is 0 Å². The Morgan fingerprint density at radius 2 is 1.68 bits per heavy atom. The predicted molar refractivity (Wildman–Crippen MR) is 122 cm³/mol. The van der Waals surface area contributed by atoms with Crippen molar-refractivity contribution >= 4 is 0 Å². The number of halogens is 3. The Hall–Kier alpha value is -2.29. The van der Waals surface area contributed by atoms with E-state index in [1.807, 2.05) is 6.08 Å². The molecule has 0 bridgehead atoms. The van der Waals surface area contributed by atoms with Gasteiger partial charge in [0, 0.05) is 6.42 Å². The second-order valence-electron chi connectivity index (χ2n) is 9.04. The van der Waals surface area contributed by atoms with Crippen molar-refractivity contribution in [3.63, 3.8) is 0 Å². The summed E-state index contributed by atoms with van der Waals surface area (Å²) in [6, 6.07) is 9.20. The van der Waals surface area contributed by atoms with Gasteiger partial charge < -0.3 is 0 Å². The molecule has 0 spiro atoms. The van der Waals surface area contributed by atoms with Crippen LogP contribution in [0.2, 0.25) is 0 Å². The van der Waals surface area contributed by atoms with Gasteiger partial charge in [-0.2, -0.15) is 0 Å². The number of aryl methyl sites for hydroxylation is 1. The predicted octanol–water partition coefficient (Wildman–Crippen LogP) is 8.69. The topological polar surface area (TPSA) is 0 Å². The standard InChI is InChI=1S/C28H31F3/c29-19-28(31)25-16-17-26(27(30)18-25)24-14-10-21(11-15-24)7-6-20-8-12-23(13-9-20)22-4-2-1-3-5-22/h8-10,12-14,16-17,19,22,27H,1-7,11,15,18H2/b28-19-. The average Bonchev–Trinajstić information content (AvgIpc) is 2.83. The summed E-state index contributed by atoms with van der Waals surface area (Å²) in [7, 11) is 0. The highest BCUT2D eigenvalue weighted by molar-refractivity contribution is 5.47. The molecule has 1 aromatic carbocycles. The Bertz CT molecular complexity index is 922. The molecule has 0 amide bonds. The van der Waals surface area contributed by atoms with E-state index in [1.165, 1.54) is 54.9 Å². The van der Waals surface area contributed by atoms with Gasteiger partial charge in [-0.25, -0.2) is 13.2 Å². The minimum absolute atomic E-state index is 0.0842. The Morgan fingerprint density at radius 3 is 2.32 bits per heavy atom. The molecule has 1 unspecified atom stereocenters. The van der Waals surface area contributed by atoms with Gasteiger partial charge in [0.25, 0.3) is 0 Å². The summed E-state index contributed by atoms with van der Waals surface area (Å²) >= 11 is 0. The van der Waals surface area contributed by atoms with Crippen LogP contribution in [0.4, 0.5) is 13.2 Å². The van der Waals surface area contributed by atoms with E-state index in [0.717, 1.165) is 37.2 Å². The molecule has 0 aliphatic heterocycles. The third-order valence-corrected chi connectivity index (χ3v) is 7.00. The first kappa shape index (κ1) is 21.9.